The molecule has 0 aliphatic carbocycles. The molecule has 6 nitrogen and oxygen atoms in total. The van der Waals surface area contributed by atoms with Crippen molar-refractivity contribution < 1.29 is 13.9 Å². The van der Waals surface area contributed by atoms with Gasteiger partial charge in [0.05, 0.1) is 6.54 Å². The molecule has 0 aromatic heterocycles. The molecule has 29 heavy (non-hydrogen) atoms. The van der Waals surface area contributed by atoms with Crippen LogP contribution >= 0.6 is 0 Å². The number of hydrogen-bond donors (Lipinski definition) is 2. The maximum absolute atomic E-state index is 13.3. The number of nitrogens with one attached hydrogen (secondary N) is 2. The highest BCUT2D eigenvalue weighted by molar-refractivity contribution is 5.84. The van der Waals surface area contributed by atoms with E-state index in [4.69, 9.17) is 4.74 Å². The van der Waals surface area contributed by atoms with Gasteiger partial charge >= 0.3 is 0 Å². The van der Waals surface area contributed by atoms with Gasteiger partial charge in [0.2, 0.25) is 5.91 Å². The summed E-state index contributed by atoms with van der Waals surface area (Å²) in [5, 5.41) is 6.43. The molecule has 2 aromatic carbocycles. The predicted octanol–water partition coefficient (Wildman–Crippen LogP) is 2.46. The molecule has 0 aliphatic rings. The largest absolute Gasteiger partial charge is 0.489 e. The molecule has 0 heterocycles. The van der Waals surface area contributed by atoms with Gasteiger partial charge in [-0.25, -0.2) is 9.38 Å². The quantitative estimate of drug-likeness (QED) is 0.501. The Balaban J connectivity index is 1.89. The van der Waals surface area contributed by atoms with Crippen LogP contribution in [0.2, 0.25) is 0 Å². The number of guanidine groups is 1. The number of ether oxygens (including phenoxy) is 1. The summed E-state index contributed by atoms with van der Waals surface area (Å²) in [6, 6.07) is 16.2. The van der Waals surface area contributed by atoms with Crippen molar-refractivity contribution in [3.63, 3.8) is 0 Å². The van der Waals surface area contributed by atoms with Gasteiger partial charge in [-0.1, -0.05) is 36.4 Å². The smallest absolute Gasteiger partial charge is 0.243 e. The topological polar surface area (TPSA) is 66.0 Å². The molecule has 1 amide bonds. The van der Waals surface area contributed by atoms with Crippen LogP contribution in [0.25, 0.3) is 0 Å². The van der Waals surface area contributed by atoms with Gasteiger partial charge in [0.1, 0.15) is 24.2 Å². The van der Waals surface area contributed by atoms with E-state index in [1.165, 1.54) is 22.6 Å². The van der Waals surface area contributed by atoms with E-state index in [9.17, 15) is 9.18 Å². The van der Waals surface area contributed by atoms with Crippen LogP contribution in [0, 0.1) is 5.82 Å². The summed E-state index contributed by atoms with van der Waals surface area (Å²) in [6.07, 6.45) is 0.612. The van der Waals surface area contributed by atoms with Gasteiger partial charge in [-0.15, -0.1) is 0 Å². The summed E-state index contributed by atoms with van der Waals surface area (Å²) in [5.41, 5.74) is 1.21. The Morgan fingerprint density at radius 3 is 2.59 bits per heavy atom. The number of likely N-dealkylation sites (N-methyl/N-ethyl adjacent to an activating group) is 1. The number of rotatable bonds is 9. The van der Waals surface area contributed by atoms with E-state index in [1.807, 2.05) is 25.1 Å². The molecule has 0 radical (unpaired) electrons. The zero-order chi connectivity index (χ0) is 21.1. The highest BCUT2D eigenvalue weighted by Crippen LogP contribution is 2.13. The van der Waals surface area contributed by atoms with E-state index in [0.717, 1.165) is 6.42 Å². The summed E-state index contributed by atoms with van der Waals surface area (Å²) in [5.74, 6) is 0.580. The van der Waals surface area contributed by atoms with Crippen molar-refractivity contribution in [2.45, 2.75) is 19.4 Å². The average molecular weight is 400 g/mol. The lowest BCUT2D eigenvalue weighted by Crippen LogP contribution is -2.43. The zero-order valence-electron chi connectivity index (χ0n) is 17.2. The minimum absolute atomic E-state index is 0.0484. The summed E-state index contributed by atoms with van der Waals surface area (Å²) < 4.78 is 19.0. The van der Waals surface area contributed by atoms with E-state index in [2.05, 4.69) is 27.8 Å². The van der Waals surface area contributed by atoms with Crippen molar-refractivity contribution in [1.29, 1.82) is 0 Å². The van der Waals surface area contributed by atoms with E-state index in [-0.39, 0.29) is 24.4 Å². The molecule has 0 spiro atoms. The van der Waals surface area contributed by atoms with E-state index < -0.39 is 0 Å². The van der Waals surface area contributed by atoms with Crippen molar-refractivity contribution in [2.75, 3.05) is 33.7 Å². The monoisotopic (exact) mass is 400 g/mol. The average Bonchev–Trinajstić information content (AvgIpc) is 2.70. The van der Waals surface area contributed by atoms with Gasteiger partial charge in [-0.05, 0) is 31.0 Å². The Morgan fingerprint density at radius 2 is 1.90 bits per heavy atom. The molecule has 0 saturated carbocycles. The molecule has 156 valence electrons. The molecule has 1 atom stereocenters. The molecule has 0 saturated heterocycles. The Bertz CT molecular complexity index is 796. The third kappa shape index (κ3) is 8.64. The first-order valence-corrected chi connectivity index (χ1v) is 9.62. The number of carbonyl (C=O) groups is 1. The standard InChI is InChI=1S/C22H29FN4O2/c1-17(29-20-11-7-10-19(23)14-20)15-25-22(26-16-21(28)27(2)3)24-13-12-18-8-5-4-6-9-18/h4-11,14,17H,12-13,15-16H2,1-3H3,(H2,24,25,26). The van der Waals surface area contributed by atoms with Crippen molar-refractivity contribution in [2.24, 2.45) is 4.99 Å². The van der Waals surface area contributed by atoms with Crippen molar-refractivity contribution >= 4 is 11.9 Å². The van der Waals surface area contributed by atoms with Gasteiger partial charge in [0, 0.05) is 26.7 Å². The van der Waals surface area contributed by atoms with Gasteiger partial charge in [0.25, 0.3) is 0 Å². The fraction of sp³-hybridized carbons (Fsp3) is 0.364. The fourth-order valence-electron chi connectivity index (χ4n) is 2.49. The first-order valence-electron chi connectivity index (χ1n) is 9.62. The number of benzene rings is 2. The molecule has 2 aromatic rings. The second kappa shape index (κ2) is 11.7. The van der Waals surface area contributed by atoms with Crippen LogP contribution in [0.1, 0.15) is 12.5 Å². The number of halogens is 1. The molecule has 0 fully saturated rings. The Hall–Kier alpha value is -3.09. The van der Waals surface area contributed by atoms with Crippen molar-refractivity contribution in [1.82, 2.24) is 15.5 Å². The molecule has 0 aliphatic heterocycles. The maximum atomic E-state index is 13.3. The van der Waals surface area contributed by atoms with E-state index >= 15 is 0 Å². The van der Waals surface area contributed by atoms with Crippen LogP contribution in [0.3, 0.4) is 0 Å². The molecule has 0 bridgehead atoms. The Kier molecular flexibility index (Phi) is 8.95. The van der Waals surface area contributed by atoms with Gasteiger partial charge < -0.3 is 20.3 Å². The Morgan fingerprint density at radius 1 is 1.14 bits per heavy atom. The van der Waals surface area contributed by atoms with Gasteiger partial charge in [-0.2, -0.15) is 0 Å². The third-order valence-electron chi connectivity index (χ3n) is 4.11. The number of hydrogen-bond acceptors (Lipinski definition) is 3. The molecule has 2 rings (SSSR count). The molecular formula is C22H29FN4O2. The van der Waals surface area contributed by atoms with Crippen LogP contribution in [0.15, 0.2) is 59.6 Å². The first-order chi connectivity index (χ1) is 13.9. The number of aliphatic imine (C=N–C) groups is 1. The number of carbonyl (C=O) groups excluding carboxylic acids is 1. The normalized spacial score (nSPS) is 12.2. The van der Waals surface area contributed by atoms with Crippen molar-refractivity contribution in [3.8, 4) is 5.75 Å². The highest BCUT2D eigenvalue weighted by atomic mass is 19.1. The lowest BCUT2D eigenvalue weighted by Gasteiger charge is -2.18. The minimum atomic E-state index is -0.338. The lowest BCUT2D eigenvalue weighted by molar-refractivity contribution is -0.127. The van der Waals surface area contributed by atoms with Gasteiger partial charge in [-0.3, -0.25) is 4.79 Å². The summed E-state index contributed by atoms with van der Waals surface area (Å²) in [4.78, 5) is 17.7. The van der Waals surface area contributed by atoms with Crippen LogP contribution in [0.4, 0.5) is 4.39 Å². The SMILES string of the molecule is CC(CNC(=NCC(=O)N(C)C)NCCc1ccccc1)Oc1cccc(F)c1. The second-order valence-corrected chi connectivity index (χ2v) is 6.88. The molecular weight excluding hydrogens is 371 g/mol. The predicted molar refractivity (Wildman–Crippen MR) is 114 cm³/mol. The van der Waals surface area contributed by atoms with E-state index in [0.29, 0.717) is 24.8 Å². The highest BCUT2D eigenvalue weighted by Gasteiger charge is 2.08. The summed E-state index contributed by atoms with van der Waals surface area (Å²) in [6.45, 7) is 3.05. The van der Waals surface area contributed by atoms with Crippen LogP contribution in [-0.4, -0.2) is 56.6 Å². The molecule has 7 heteroatoms. The maximum Gasteiger partial charge on any atom is 0.243 e. The molecule has 2 N–H and O–H groups in total. The van der Waals surface area contributed by atoms with Crippen molar-refractivity contribution in [3.05, 3.63) is 66.0 Å². The molecule has 1 unspecified atom stereocenters. The summed E-state index contributed by atoms with van der Waals surface area (Å²) in [7, 11) is 3.39. The van der Waals surface area contributed by atoms with E-state index in [1.54, 1.807) is 26.2 Å². The van der Waals surface area contributed by atoms with Crippen LogP contribution < -0.4 is 15.4 Å². The minimum Gasteiger partial charge on any atom is -0.489 e. The van der Waals surface area contributed by atoms with Crippen LogP contribution in [-0.2, 0) is 11.2 Å². The third-order valence-corrected chi connectivity index (χ3v) is 4.11. The Labute approximate surface area is 171 Å². The second-order valence-electron chi connectivity index (χ2n) is 6.88. The zero-order valence-corrected chi connectivity index (χ0v) is 17.2. The number of amides is 1. The van der Waals surface area contributed by atoms with Crippen LogP contribution in [0.5, 0.6) is 5.75 Å². The van der Waals surface area contributed by atoms with Gasteiger partial charge in [0.15, 0.2) is 5.96 Å². The first kappa shape index (κ1) is 22.2. The lowest BCUT2D eigenvalue weighted by atomic mass is 10.1. The number of nitrogens with zero attached hydrogens (tertiary/aromatic N) is 2. The fourth-order valence-corrected chi connectivity index (χ4v) is 2.49. The summed E-state index contributed by atoms with van der Waals surface area (Å²) >= 11 is 0.